The molecule has 0 aromatic heterocycles. The Morgan fingerprint density at radius 3 is 2.71 bits per heavy atom. The average molecular weight is 287 g/mol. The number of ether oxygens (including phenoxy) is 1. The Kier molecular flexibility index (Phi) is 5.79. The van der Waals surface area contributed by atoms with Crippen LogP contribution in [0.4, 0.5) is 0 Å². The highest BCUT2D eigenvalue weighted by molar-refractivity contribution is 5.94. The third-order valence-electron chi connectivity index (χ3n) is 3.41. The van der Waals surface area contributed by atoms with Gasteiger partial charge >= 0.3 is 0 Å². The lowest BCUT2D eigenvalue weighted by molar-refractivity contribution is 0.0681. The molecule has 0 aliphatic heterocycles. The quantitative estimate of drug-likeness (QED) is 0.637. The lowest BCUT2D eigenvalue weighted by Crippen LogP contribution is -2.30. The summed E-state index contributed by atoms with van der Waals surface area (Å²) < 4.78 is 5.54. The van der Waals surface area contributed by atoms with Crippen LogP contribution < -0.4 is 0 Å². The monoisotopic (exact) mass is 287 g/mol. The first-order valence-corrected chi connectivity index (χ1v) is 7.23. The fourth-order valence-corrected chi connectivity index (χ4v) is 1.90. The standard InChI is InChI=1S/C17H21NO3/c1-18(10-12-21-13-15-4-5-15)17(20)16-8-6-14(7-9-16)3-2-11-19/h6-9,15,19H,4-5,10-13H2,1H3. The van der Waals surface area contributed by atoms with Gasteiger partial charge in [0.1, 0.15) is 6.61 Å². The third-order valence-corrected chi connectivity index (χ3v) is 3.41. The molecule has 4 heteroatoms. The number of benzene rings is 1. The van der Waals surface area contributed by atoms with Crippen molar-refractivity contribution in [2.45, 2.75) is 12.8 Å². The van der Waals surface area contributed by atoms with E-state index in [1.165, 1.54) is 12.8 Å². The lowest BCUT2D eigenvalue weighted by atomic mass is 10.1. The molecule has 1 fully saturated rings. The van der Waals surface area contributed by atoms with E-state index in [4.69, 9.17) is 9.84 Å². The number of amides is 1. The number of aliphatic hydroxyl groups excluding tert-OH is 1. The first-order valence-electron chi connectivity index (χ1n) is 7.23. The number of aliphatic hydroxyl groups is 1. The van der Waals surface area contributed by atoms with E-state index < -0.39 is 0 Å². The molecule has 0 atom stereocenters. The van der Waals surface area contributed by atoms with Crippen LogP contribution in [0.15, 0.2) is 24.3 Å². The van der Waals surface area contributed by atoms with Crippen LogP contribution in [0.3, 0.4) is 0 Å². The van der Waals surface area contributed by atoms with Crippen LogP contribution in [0.5, 0.6) is 0 Å². The molecule has 21 heavy (non-hydrogen) atoms. The summed E-state index contributed by atoms with van der Waals surface area (Å²) in [6.07, 6.45) is 2.56. The van der Waals surface area contributed by atoms with E-state index in [1.807, 2.05) is 0 Å². The number of carbonyl (C=O) groups is 1. The van der Waals surface area contributed by atoms with Crippen molar-refractivity contribution in [3.8, 4) is 11.8 Å². The Labute approximate surface area is 125 Å². The summed E-state index contributed by atoms with van der Waals surface area (Å²) in [7, 11) is 1.78. The molecule has 1 aromatic rings. The molecule has 0 radical (unpaired) electrons. The van der Waals surface area contributed by atoms with Crippen molar-refractivity contribution in [2.75, 3.05) is 33.4 Å². The molecule has 1 N–H and O–H groups in total. The van der Waals surface area contributed by atoms with Crippen LogP contribution >= 0.6 is 0 Å². The largest absolute Gasteiger partial charge is 0.384 e. The van der Waals surface area contributed by atoms with E-state index >= 15 is 0 Å². The van der Waals surface area contributed by atoms with E-state index in [1.54, 1.807) is 36.2 Å². The Balaban J connectivity index is 1.79. The van der Waals surface area contributed by atoms with E-state index in [-0.39, 0.29) is 12.5 Å². The van der Waals surface area contributed by atoms with E-state index in [2.05, 4.69) is 11.8 Å². The van der Waals surface area contributed by atoms with Gasteiger partial charge in [0.25, 0.3) is 5.91 Å². The molecule has 0 bridgehead atoms. The van der Waals surface area contributed by atoms with Gasteiger partial charge < -0.3 is 14.7 Å². The van der Waals surface area contributed by atoms with E-state index in [0.717, 1.165) is 18.1 Å². The molecule has 0 unspecified atom stereocenters. The van der Waals surface area contributed by atoms with Gasteiger partial charge in [-0.3, -0.25) is 4.79 Å². The van der Waals surface area contributed by atoms with Gasteiger partial charge in [0.2, 0.25) is 0 Å². The number of hydrogen-bond donors (Lipinski definition) is 1. The van der Waals surface area contributed by atoms with Crippen molar-refractivity contribution in [1.29, 1.82) is 0 Å². The minimum absolute atomic E-state index is 0.0216. The van der Waals surface area contributed by atoms with Gasteiger partial charge in [-0.15, -0.1) is 0 Å². The highest BCUT2D eigenvalue weighted by Crippen LogP contribution is 2.28. The number of hydrogen-bond acceptors (Lipinski definition) is 3. The van der Waals surface area contributed by atoms with Crippen molar-refractivity contribution in [3.05, 3.63) is 35.4 Å². The minimum Gasteiger partial charge on any atom is -0.384 e. The molecule has 1 amide bonds. The van der Waals surface area contributed by atoms with Gasteiger partial charge in [-0.25, -0.2) is 0 Å². The molecule has 4 nitrogen and oxygen atoms in total. The summed E-state index contributed by atoms with van der Waals surface area (Å²) in [4.78, 5) is 13.9. The number of nitrogens with zero attached hydrogens (tertiary/aromatic N) is 1. The molecule has 0 heterocycles. The SMILES string of the molecule is CN(CCOCC1CC1)C(=O)c1ccc(C#CCO)cc1. The molecule has 1 saturated carbocycles. The van der Waals surface area contributed by atoms with Crippen LogP contribution in [-0.4, -0.2) is 49.3 Å². The Bertz CT molecular complexity index is 523. The molecule has 0 spiro atoms. The van der Waals surface area contributed by atoms with E-state index in [9.17, 15) is 4.79 Å². The fraction of sp³-hybridized carbons (Fsp3) is 0.471. The maximum atomic E-state index is 12.2. The average Bonchev–Trinajstić information content (AvgIpc) is 3.33. The second-order valence-corrected chi connectivity index (χ2v) is 5.28. The topological polar surface area (TPSA) is 49.8 Å². The smallest absolute Gasteiger partial charge is 0.253 e. The number of likely N-dealkylation sites (N-methyl/N-ethyl adjacent to an activating group) is 1. The van der Waals surface area contributed by atoms with Gasteiger partial charge in [0, 0.05) is 31.3 Å². The maximum Gasteiger partial charge on any atom is 0.253 e. The molecule has 2 rings (SSSR count). The summed E-state index contributed by atoms with van der Waals surface area (Å²) in [5, 5.41) is 8.64. The van der Waals surface area contributed by atoms with Gasteiger partial charge in [-0.2, -0.15) is 0 Å². The van der Waals surface area contributed by atoms with Crippen molar-refractivity contribution >= 4 is 5.91 Å². The summed E-state index contributed by atoms with van der Waals surface area (Å²) in [5.41, 5.74) is 1.42. The predicted octanol–water partition coefficient (Wildman–Crippen LogP) is 1.53. The zero-order valence-corrected chi connectivity index (χ0v) is 12.3. The van der Waals surface area contributed by atoms with E-state index in [0.29, 0.717) is 18.7 Å². The highest BCUT2D eigenvalue weighted by atomic mass is 16.5. The zero-order valence-electron chi connectivity index (χ0n) is 12.3. The van der Waals surface area contributed by atoms with Crippen molar-refractivity contribution in [1.82, 2.24) is 4.90 Å². The molecular weight excluding hydrogens is 266 g/mol. The Morgan fingerprint density at radius 1 is 1.38 bits per heavy atom. The maximum absolute atomic E-state index is 12.2. The normalized spacial score (nSPS) is 13.4. The second kappa shape index (κ2) is 7.82. The lowest BCUT2D eigenvalue weighted by Gasteiger charge is -2.17. The molecule has 0 saturated heterocycles. The summed E-state index contributed by atoms with van der Waals surface area (Å²) >= 11 is 0. The van der Waals surface area contributed by atoms with Crippen LogP contribution in [-0.2, 0) is 4.74 Å². The first-order chi connectivity index (χ1) is 10.2. The molecule has 1 aliphatic rings. The molecule has 1 aliphatic carbocycles. The highest BCUT2D eigenvalue weighted by Gasteiger charge is 2.21. The van der Waals surface area contributed by atoms with Crippen LogP contribution in [0, 0.1) is 17.8 Å². The Morgan fingerprint density at radius 2 is 2.10 bits per heavy atom. The third kappa shape index (κ3) is 5.22. The summed E-state index contributed by atoms with van der Waals surface area (Å²) in [6.45, 7) is 1.83. The second-order valence-electron chi connectivity index (χ2n) is 5.28. The van der Waals surface area contributed by atoms with Crippen molar-refractivity contribution in [2.24, 2.45) is 5.92 Å². The number of rotatable bonds is 6. The van der Waals surface area contributed by atoms with Gasteiger partial charge in [0.15, 0.2) is 0 Å². The van der Waals surface area contributed by atoms with Gasteiger partial charge in [-0.05, 0) is 43.0 Å². The molecule has 1 aromatic carbocycles. The van der Waals surface area contributed by atoms with Gasteiger partial charge in [0.05, 0.1) is 6.61 Å². The predicted molar refractivity (Wildman–Crippen MR) is 80.9 cm³/mol. The summed E-state index contributed by atoms with van der Waals surface area (Å²) in [6, 6.07) is 7.08. The van der Waals surface area contributed by atoms with Crippen molar-refractivity contribution < 1.29 is 14.6 Å². The van der Waals surface area contributed by atoms with Crippen LogP contribution in [0.25, 0.3) is 0 Å². The zero-order chi connectivity index (χ0) is 15.1. The Hall–Kier alpha value is -1.83. The molecule has 112 valence electrons. The number of carbonyl (C=O) groups excluding carboxylic acids is 1. The molecular formula is C17H21NO3. The van der Waals surface area contributed by atoms with Crippen molar-refractivity contribution in [3.63, 3.8) is 0 Å². The van der Waals surface area contributed by atoms with Crippen LogP contribution in [0.2, 0.25) is 0 Å². The first kappa shape index (κ1) is 15.6. The van der Waals surface area contributed by atoms with Crippen LogP contribution in [0.1, 0.15) is 28.8 Å². The summed E-state index contributed by atoms with van der Waals surface area (Å²) in [5.74, 6) is 6.11. The fourth-order valence-electron chi connectivity index (χ4n) is 1.90. The minimum atomic E-state index is -0.162. The van der Waals surface area contributed by atoms with Gasteiger partial charge in [-0.1, -0.05) is 11.8 Å².